The lowest BCUT2D eigenvalue weighted by atomic mass is 10.0. The van der Waals surface area contributed by atoms with Gasteiger partial charge in [0.25, 0.3) is 0 Å². The second kappa shape index (κ2) is 4.68. The van der Waals surface area contributed by atoms with E-state index in [0.717, 1.165) is 23.3 Å². The fourth-order valence-electron chi connectivity index (χ4n) is 2.30. The van der Waals surface area contributed by atoms with Gasteiger partial charge in [-0.15, -0.1) is 0 Å². The lowest BCUT2D eigenvalue weighted by Crippen LogP contribution is -2.37. The summed E-state index contributed by atoms with van der Waals surface area (Å²) in [5.74, 6) is 0.421. The van der Waals surface area contributed by atoms with Gasteiger partial charge in [-0.3, -0.25) is 0 Å². The summed E-state index contributed by atoms with van der Waals surface area (Å²) in [5.41, 5.74) is 0.735. The van der Waals surface area contributed by atoms with Gasteiger partial charge in [0.15, 0.2) is 0 Å². The average molecular weight is 260 g/mol. The Hall–Kier alpha value is -1.84. The van der Waals surface area contributed by atoms with Crippen molar-refractivity contribution in [1.29, 1.82) is 0 Å². The Morgan fingerprint density at radius 2 is 2.00 bits per heavy atom. The van der Waals surface area contributed by atoms with Crippen LogP contribution >= 0.6 is 0 Å². The minimum atomic E-state index is -1.000. The Labute approximate surface area is 113 Å². The highest BCUT2D eigenvalue weighted by Gasteiger charge is 2.33. The van der Waals surface area contributed by atoms with Gasteiger partial charge < -0.3 is 9.67 Å². The molecular weight excluding hydrogens is 240 g/mol. The molecule has 0 radical (unpaired) electrons. The summed E-state index contributed by atoms with van der Waals surface area (Å²) in [7, 11) is 0. The summed E-state index contributed by atoms with van der Waals surface area (Å²) >= 11 is 0. The number of carboxylic acid groups (broad SMARTS) is 1. The molecular formula is C15H20N2O2. The fraction of sp³-hybridized carbons (Fsp3) is 0.467. The number of carbonyl (C=O) groups is 1. The molecule has 0 fully saturated rings. The van der Waals surface area contributed by atoms with Crippen molar-refractivity contribution in [1.82, 2.24) is 9.55 Å². The number of nitrogens with zero attached hydrogens (tertiary/aromatic N) is 2. The van der Waals surface area contributed by atoms with E-state index < -0.39 is 11.5 Å². The Kier molecular flexibility index (Phi) is 3.35. The summed E-state index contributed by atoms with van der Waals surface area (Å²) in [6, 6.07) is 7.69. The molecule has 0 aliphatic carbocycles. The van der Waals surface area contributed by atoms with Gasteiger partial charge in [-0.1, -0.05) is 26.0 Å². The largest absolute Gasteiger partial charge is 0.480 e. The second-order valence-corrected chi connectivity index (χ2v) is 5.81. The van der Waals surface area contributed by atoms with Crippen molar-refractivity contribution in [2.45, 2.75) is 39.7 Å². The molecule has 0 saturated heterocycles. The maximum atomic E-state index is 11.6. The number of hydrogen-bond donors (Lipinski definition) is 1. The molecule has 2 rings (SSSR count). The molecule has 2 aromatic rings. The first-order valence-electron chi connectivity index (χ1n) is 6.54. The molecule has 102 valence electrons. The van der Waals surface area contributed by atoms with E-state index >= 15 is 0 Å². The molecule has 1 aromatic carbocycles. The zero-order chi connectivity index (χ0) is 14.2. The average Bonchev–Trinajstić information content (AvgIpc) is 2.65. The fourth-order valence-corrected chi connectivity index (χ4v) is 2.30. The summed E-state index contributed by atoms with van der Waals surface area (Å²) in [4.78, 5) is 16.2. The van der Waals surface area contributed by atoms with Crippen molar-refractivity contribution in [3.8, 4) is 0 Å². The van der Waals surface area contributed by atoms with E-state index in [9.17, 15) is 9.90 Å². The third-order valence-corrected chi connectivity index (χ3v) is 3.30. The lowest BCUT2D eigenvalue weighted by Gasteiger charge is -2.25. The first-order valence-corrected chi connectivity index (χ1v) is 6.54. The number of para-hydroxylation sites is 2. The Morgan fingerprint density at radius 1 is 1.37 bits per heavy atom. The van der Waals surface area contributed by atoms with Gasteiger partial charge in [0.05, 0.1) is 11.0 Å². The minimum Gasteiger partial charge on any atom is -0.480 e. The number of aromatic nitrogens is 2. The number of imidazole rings is 1. The molecule has 1 N–H and O–H groups in total. The third-order valence-electron chi connectivity index (χ3n) is 3.30. The van der Waals surface area contributed by atoms with Crippen LogP contribution in [0.15, 0.2) is 24.3 Å². The van der Waals surface area contributed by atoms with Gasteiger partial charge >= 0.3 is 5.97 Å². The van der Waals surface area contributed by atoms with Crippen LogP contribution in [0.2, 0.25) is 0 Å². The topological polar surface area (TPSA) is 55.1 Å². The predicted molar refractivity (Wildman–Crippen MR) is 75.2 cm³/mol. The van der Waals surface area contributed by atoms with Crippen LogP contribution in [0.3, 0.4) is 0 Å². The molecule has 19 heavy (non-hydrogen) atoms. The number of rotatable bonds is 4. The van der Waals surface area contributed by atoms with Crippen molar-refractivity contribution in [2.24, 2.45) is 5.92 Å². The zero-order valence-electron chi connectivity index (χ0n) is 11.8. The molecule has 0 amide bonds. The van der Waals surface area contributed by atoms with Crippen molar-refractivity contribution in [3.05, 3.63) is 30.1 Å². The van der Waals surface area contributed by atoms with Crippen molar-refractivity contribution in [2.75, 3.05) is 0 Å². The van der Waals surface area contributed by atoms with Gasteiger partial charge in [-0.2, -0.15) is 0 Å². The van der Waals surface area contributed by atoms with Crippen molar-refractivity contribution < 1.29 is 9.90 Å². The maximum absolute atomic E-state index is 11.6. The number of carboxylic acids is 1. The highest BCUT2D eigenvalue weighted by Crippen LogP contribution is 2.27. The van der Waals surface area contributed by atoms with E-state index in [4.69, 9.17) is 0 Å². The quantitative estimate of drug-likeness (QED) is 0.919. The molecule has 0 atom stereocenters. The van der Waals surface area contributed by atoms with Gasteiger partial charge in [-0.05, 0) is 31.9 Å². The molecule has 0 unspecified atom stereocenters. The first-order chi connectivity index (χ1) is 8.84. The van der Waals surface area contributed by atoms with Crippen LogP contribution in [-0.2, 0) is 16.8 Å². The number of benzene rings is 1. The zero-order valence-corrected chi connectivity index (χ0v) is 11.8. The van der Waals surface area contributed by atoms with Crippen LogP contribution in [0.4, 0.5) is 0 Å². The van der Waals surface area contributed by atoms with E-state index in [1.807, 2.05) is 28.8 Å². The van der Waals surface area contributed by atoms with Crippen LogP contribution in [0, 0.1) is 5.92 Å². The van der Waals surface area contributed by atoms with Gasteiger partial charge in [0.2, 0.25) is 0 Å². The molecule has 1 heterocycles. The SMILES string of the molecule is CC(C)Cc1nc2ccccc2n1C(C)(C)C(=O)O. The Morgan fingerprint density at radius 3 is 2.58 bits per heavy atom. The third kappa shape index (κ3) is 2.35. The normalized spacial score (nSPS) is 12.3. The number of fused-ring (bicyclic) bond motifs is 1. The molecule has 0 aliphatic heterocycles. The Bertz CT molecular complexity index is 612. The first kappa shape index (κ1) is 13.6. The van der Waals surface area contributed by atoms with Gasteiger partial charge in [-0.25, -0.2) is 9.78 Å². The summed E-state index contributed by atoms with van der Waals surface area (Å²) in [6.45, 7) is 7.65. The molecule has 0 bridgehead atoms. The molecule has 0 aliphatic rings. The van der Waals surface area contributed by atoms with E-state index in [0.29, 0.717) is 5.92 Å². The minimum absolute atomic E-state index is 0.431. The summed E-state index contributed by atoms with van der Waals surface area (Å²) in [6.07, 6.45) is 0.769. The van der Waals surface area contributed by atoms with Crippen molar-refractivity contribution >= 4 is 17.0 Å². The number of hydrogen-bond acceptors (Lipinski definition) is 2. The van der Waals surface area contributed by atoms with Crippen LogP contribution in [0.1, 0.15) is 33.5 Å². The van der Waals surface area contributed by atoms with E-state index in [1.165, 1.54) is 0 Å². The summed E-state index contributed by atoms with van der Waals surface area (Å²) < 4.78 is 1.85. The van der Waals surface area contributed by atoms with Crippen LogP contribution in [-0.4, -0.2) is 20.6 Å². The van der Waals surface area contributed by atoms with Gasteiger partial charge in [0, 0.05) is 6.42 Å². The van der Waals surface area contributed by atoms with Crippen LogP contribution in [0.5, 0.6) is 0 Å². The van der Waals surface area contributed by atoms with E-state index in [1.54, 1.807) is 13.8 Å². The smallest absolute Gasteiger partial charge is 0.329 e. The predicted octanol–water partition coefficient (Wildman–Crippen LogP) is 3.05. The molecule has 4 nitrogen and oxygen atoms in total. The molecule has 0 saturated carbocycles. The van der Waals surface area contributed by atoms with E-state index in [2.05, 4.69) is 18.8 Å². The molecule has 1 aromatic heterocycles. The molecule has 0 spiro atoms. The number of aliphatic carboxylic acids is 1. The highest BCUT2D eigenvalue weighted by molar-refractivity contribution is 5.82. The van der Waals surface area contributed by atoms with E-state index in [-0.39, 0.29) is 0 Å². The van der Waals surface area contributed by atoms with Gasteiger partial charge in [0.1, 0.15) is 11.4 Å². The van der Waals surface area contributed by atoms with Crippen LogP contribution in [0.25, 0.3) is 11.0 Å². The maximum Gasteiger partial charge on any atom is 0.329 e. The molecule has 4 heteroatoms. The summed E-state index contributed by atoms with van der Waals surface area (Å²) in [5, 5.41) is 9.48. The lowest BCUT2D eigenvalue weighted by molar-refractivity contribution is -0.145. The Balaban J connectivity index is 2.71. The monoisotopic (exact) mass is 260 g/mol. The van der Waals surface area contributed by atoms with Crippen LogP contribution < -0.4 is 0 Å². The standard InChI is InChI=1S/C15H20N2O2/c1-10(2)9-13-16-11-7-5-6-8-12(11)17(13)15(3,4)14(18)19/h5-8,10H,9H2,1-4H3,(H,18,19). The highest BCUT2D eigenvalue weighted by atomic mass is 16.4. The second-order valence-electron chi connectivity index (χ2n) is 5.81. The van der Waals surface area contributed by atoms with Crippen molar-refractivity contribution in [3.63, 3.8) is 0 Å².